The van der Waals surface area contributed by atoms with Gasteiger partial charge in [0.2, 0.25) is 0 Å². The van der Waals surface area contributed by atoms with Crippen LogP contribution < -0.4 is 15.4 Å². The smallest absolute Gasteiger partial charge is 0.191 e. The van der Waals surface area contributed by atoms with Crippen molar-refractivity contribution in [2.75, 3.05) is 13.7 Å². The molecule has 0 atom stereocenters. The molecule has 0 radical (unpaired) electrons. The first-order valence-corrected chi connectivity index (χ1v) is 9.89. The molecule has 3 aromatic rings. The van der Waals surface area contributed by atoms with Gasteiger partial charge in [-0.25, -0.2) is 4.68 Å². The Morgan fingerprint density at radius 3 is 2.27 bits per heavy atom. The average molecular weight is 519 g/mol. The highest BCUT2D eigenvalue weighted by atomic mass is 127. The predicted octanol–water partition coefficient (Wildman–Crippen LogP) is 4.37. The molecule has 0 amide bonds. The first-order chi connectivity index (χ1) is 14.1. The van der Waals surface area contributed by atoms with Crippen LogP contribution in [0.15, 0.2) is 59.6 Å². The van der Waals surface area contributed by atoms with Crippen molar-refractivity contribution in [3.05, 3.63) is 77.1 Å². The van der Waals surface area contributed by atoms with Gasteiger partial charge in [0.25, 0.3) is 0 Å². The summed E-state index contributed by atoms with van der Waals surface area (Å²) in [6.07, 6.45) is 0. The molecule has 3 rings (SSSR count). The zero-order valence-corrected chi connectivity index (χ0v) is 20.3. The van der Waals surface area contributed by atoms with Crippen LogP contribution in [0.25, 0.3) is 5.69 Å². The van der Waals surface area contributed by atoms with Crippen molar-refractivity contribution in [1.29, 1.82) is 0 Å². The third-order valence-electron chi connectivity index (χ3n) is 4.62. The highest BCUT2D eigenvalue weighted by Crippen LogP contribution is 2.18. The van der Waals surface area contributed by atoms with E-state index in [0.717, 1.165) is 39.9 Å². The monoisotopic (exact) mass is 519 g/mol. The predicted molar refractivity (Wildman–Crippen MR) is 133 cm³/mol. The summed E-state index contributed by atoms with van der Waals surface area (Å²) in [7, 11) is 1.77. The summed E-state index contributed by atoms with van der Waals surface area (Å²) < 4.78 is 7.69. The normalized spacial score (nSPS) is 11.0. The average Bonchev–Trinajstić information content (AvgIpc) is 3.07. The van der Waals surface area contributed by atoms with E-state index < -0.39 is 0 Å². The van der Waals surface area contributed by atoms with Gasteiger partial charge in [0, 0.05) is 31.4 Å². The number of nitrogens with zero attached hydrogens (tertiary/aromatic N) is 3. The van der Waals surface area contributed by atoms with Crippen molar-refractivity contribution in [3.63, 3.8) is 0 Å². The summed E-state index contributed by atoms with van der Waals surface area (Å²) in [6.45, 7) is 7.99. The first kappa shape index (κ1) is 23.7. The van der Waals surface area contributed by atoms with E-state index in [1.807, 2.05) is 48.9 Å². The summed E-state index contributed by atoms with van der Waals surface area (Å²) in [5.41, 5.74) is 5.44. The number of hydrogen-bond donors (Lipinski definition) is 2. The van der Waals surface area contributed by atoms with Crippen molar-refractivity contribution in [3.8, 4) is 11.4 Å². The molecule has 1 aromatic heterocycles. The van der Waals surface area contributed by atoms with Crippen LogP contribution in [-0.4, -0.2) is 29.4 Å². The molecular weight excluding hydrogens is 489 g/mol. The van der Waals surface area contributed by atoms with Gasteiger partial charge in [0.15, 0.2) is 5.96 Å². The largest absolute Gasteiger partial charge is 0.494 e. The Hall–Kier alpha value is -2.55. The van der Waals surface area contributed by atoms with Crippen LogP contribution >= 0.6 is 24.0 Å². The van der Waals surface area contributed by atoms with E-state index in [0.29, 0.717) is 19.7 Å². The van der Waals surface area contributed by atoms with Gasteiger partial charge in [-0.2, -0.15) is 5.10 Å². The maximum absolute atomic E-state index is 5.70. The van der Waals surface area contributed by atoms with Crippen molar-refractivity contribution in [2.45, 2.75) is 33.9 Å². The topological polar surface area (TPSA) is 63.5 Å². The lowest BCUT2D eigenvalue weighted by Gasteiger charge is -2.16. The van der Waals surface area contributed by atoms with Crippen LogP contribution in [-0.2, 0) is 13.1 Å². The molecule has 160 valence electrons. The molecule has 2 N–H and O–H groups in total. The second-order valence-electron chi connectivity index (χ2n) is 6.79. The second kappa shape index (κ2) is 11.6. The number of benzene rings is 2. The Morgan fingerprint density at radius 2 is 1.63 bits per heavy atom. The number of para-hydroxylation sites is 2. The number of ether oxygens (including phenoxy) is 1. The summed E-state index contributed by atoms with van der Waals surface area (Å²) in [6, 6.07) is 18.4. The van der Waals surface area contributed by atoms with Crippen LogP contribution in [0.2, 0.25) is 0 Å². The van der Waals surface area contributed by atoms with Crippen LogP contribution in [0.3, 0.4) is 0 Å². The molecule has 0 aliphatic carbocycles. The number of rotatable bonds is 7. The zero-order valence-electron chi connectivity index (χ0n) is 18.0. The van der Waals surface area contributed by atoms with Crippen molar-refractivity contribution < 1.29 is 4.74 Å². The fourth-order valence-electron chi connectivity index (χ4n) is 3.26. The highest BCUT2D eigenvalue weighted by molar-refractivity contribution is 14.0. The third-order valence-corrected chi connectivity index (χ3v) is 4.62. The molecule has 0 saturated carbocycles. The van der Waals surface area contributed by atoms with Gasteiger partial charge in [-0.3, -0.25) is 4.99 Å². The van der Waals surface area contributed by atoms with Crippen LogP contribution in [0, 0.1) is 13.8 Å². The number of guanidine groups is 1. The molecule has 30 heavy (non-hydrogen) atoms. The van der Waals surface area contributed by atoms with Gasteiger partial charge in [-0.05, 0) is 44.5 Å². The molecule has 0 bridgehead atoms. The van der Waals surface area contributed by atoms with Gasteiger partial charge in [0.05, 0.1) is 18.0 Å². The van der Waals surface area contributed by atoms with Crippen LogP contribution in [0.5, 0.6) is 5.75 Å². The summed E-state index contributed by atoms with van der Waals surface area (Å²) in [5, 5.41) is 11.4. The number of hydrogen-bond acceptors (Lipinski definition) is 3. The van der Waals surface area contributed by atoms with Crippen molar-refractivity contribution >= 4 is 29.9 Å². The quantitative estimate of drug-likeness (QED) is 0.277. The molecule has 0 unspecified atom stereocenters. The Kier molecular flexibility index (Phi) is 9.16. The Labute approximate surface area is 195 Å². The van der Waals surface area contributed by atoms with E-state index >= 15 is 0 Å². The zero-order chi connectivity index (χ0) is 20.6. The lowest BCUT2D eigenvalue weighted by molar-refractivity contribution is 0.336. The fourth-order valence-corrected chi connectivity index (χ4v) is 3.26. The van der Waals surface area contributed by atoms with E-state index in [2.05, 4.69) is 51.9 Å². The van der Waals surface area contributed by atoms with Crippen molar-refractivity contribution in [2.24, 2.45) is 4.99 Å². The molecule has 0 fully saturated rings. The Balaban J connectivity index is 0.00000320. The Morgan fingerprint density at radius 1 is 1.00 bits per heavy atom. The maximum Gasteiger partial charge on any atom is 0.191 e. The molecular formula is C23H30IN5O. The summed E-state index contributed by atoms with van der Waals surface area (Å²) in [4.78, 5) is 4.35. The van der Waals surface area contributed by atoms with Crippen LogP contribution in [0.4, 0.5) is 0 Å². The maximum atomic E-state index is 5.70. The molecule has 0 aliphatic rings. The molecule has 7 heteroatoms. The molecule has 6 nitrogen and oxygen atoms in total. The van der Waals surface area contributed by atoms with E-state index in [1.165, 1.54) is 0 Å². The molecule has 0 aliphatic heterocycles. The molecule has 1 heterocycles. The minimum Gasteiger partial charge on any atom is -0.494 e. The van der Waals surface area contributed by atoms with E-state index in [1.54, 1.807) is 7.05 Å². The minimum atomic E-state index is 0. The number of nitrogens with one attached hydrogen (secondary N) is 2. The molecule has 2 aromatic carbocycles. The van der Waals surface area contributed by atoms with Gasteiger partial charge in [-0.1, -0.05) is 36.4 Å². The van der Waals surface area contributed by atoms with Gasteiger partial charge < -0.3 is 15.4 Å². The van der Waals surface area contributed by atoms with E-state index in [9.17, 15) is 0 Å². The number of aromatic nitrogens is 2. The second-order valence-corrected chi connectivity index (χ2v) is 6.79. The molecule has 0 spiro atoms. The summed E-state index contributed by atoms with van der Waals surface area (Å²) >= 11 is 0. The summed E-state index contributed by atoms with van der Waals surface area (Å²) in [5.74, 6) is 1.63. The SMILES string of the molecule is CCOc1ccccc1CNC(=NC)NCc1ccccc1-n1nc(C)cc1C.I. The minimum absolute atomic E-state index is 0. The highest BCUT2D eigenvalue weighted by Gasteiger charge is 2.10. The van der Waals surface area contributed by atoms with Gasteiger partial charge >= 0.3 is 0 Å². The van der Waals surface area contributed by atoms with Crippen molar-refractivity contribution in [1.82, 2.24) is 20.4 Å². The first-order valence-electron chi connectivity index (χ1n) is 9.89. The Bertz CT molecular complexity index is 983. The lowest BCUT2D eigenvalue weighted by Crippen LogP contribution is -2.36. The number of halogens is 1. The third kappa shape index (κ3) is 5.98. The lowest BCUT2D eigenvalue weighted by atomic mass is 10.1. The molecule has 0 saturated heterocycles. The fraction of sp³-hybridized carbons (Fsp3) is 0.304. The van der Waals surface area contributed by atoms with E-state index in [4.69, 9.17) is 4.74 Å². The number of aryl methyl sites for hydroxylation is 2. The van der Waals surface area contributed by atoms with Crippen LogP contribution in [0.1, 0.15) is 29.4 Å². The van der Waals surface area contributed by atoms with E-state index in [-0.39, 0.29) is 24.0 Å². The number of aliphatic imine (C=N–C) groups is 1. The van der Waals surface area contributed by atoms with Gasteiger partial charge in [0.1, 0.15) is 5.75 Å². The van der Waals surface area contributed by atoms with Gasteiger partial charge in [-0.15, -0.1) is 24.0 Å². The standard InChI is InChI=1S/C23H29N5O.HI/c1-5-29-22-13-9-7-11-20(22)16-26-23(24-4)25-15-19-10-6-8-12-21(19)28-18(3)14-17(2)27-28;/h6-14H,5,15-16H2,1-4H3,(H2,24,25,26);1H.